The summed E-state index contributed by atoms with van der Waals surface area (Å²) in [5.74, 6) is 0.00159. The van der Waals surface area contributed by atoms with Gasteiger partial charge in [0.15, 0.2) is 5.78 Å². The van der Waals surface area contributed by atoms with Crippen LogP contribution in [0.2, 0.25) is 10.0 Å². The molecule has 0 bridgehead atoms. The Bertz CT molecular complexity index is 559. The molecule has 0 saturated carbocycles. The van der Waals surface area contributed by atoms with E-state index < -0.39 is 0 Å². The van der Waals surface area contributed by atoms with Crippen LogP contribution in [0, 0.1) is 0 Å². The van der Waals surface area contributed by atoms with Crippen LogP contribution in [0.3, 0.4) is 0 Å². The molecular formula is C14H9BrCl2O. The van der Waals surface area contributed by atoms with Crippen molar-refractivity contribution in [2.75, 3.05) is 0 Å². The van der Waals surface area contributed by atoms with Crippen LogP contribution in [0.25, 0.3) is 0 Å². The SMILES string of the molecule is O=C(Cc1ccc(Br)cc1)c1cc(Cl)cc(Cl)c1. The van der Waals surface area contributed by atoms with Crippen molar-refractivity contribution >= 4 is 44.9 Å². The van der Waals surface area contributed by atoms with Gasteiger partial charge in [-0.25, -0.2) is 0 Å². The molecule has 0 fully saturated rings. The third kappa shape index (κ3) is 3.58. The topological polar surface area (TPSA) is 17.1 Å². The minimum atomic E-state index is 0.00159. The Kier molecular flexibility index (Phi) is 4.44. The van der Waals surface area contributed by atoms with Crippen molar-refractivity contribution in [3.05, 3.63) is 68.1 Å². The minimum Gasteiger partial charge on any atom is -0.294 e. The van der Waals surface area contributed by atoms with E-state index in [4.69, 9.17) is 23.2 Å². The molecule has 0 aliphatic heterocycles. The zero-order valence-corrected chi connectivity index (χ0v) is 12.4. The van der Waals surface area contributed by atoms with Crippen molar-refractivity contribution < 1.29 is 4.79 Å². The van der Waals surface area contributed by atoms with Crippen LogP contribution in [0.5, 0.6) is 0 Å². The molecular weight excluding hydrogens is 335 g/mol. The standard InChI is InChI=1S/C14H9BrCl2O/c15-11-3-1-9(2-4-11)5-14(18)10-6-12(16)8-13(17)7-10/h1-4,6-8H,5H2. The van der Waals surface area contributed by atoms with Gasteiger partial charge in [0.05, 0.1) is 0 Å². The molecule has 1 nitrogen and oxygen atoms in total. The molecule has 0 aliphatic carbocycles. The first-order valence-corrected chi connectivity index (χ1v) is 6.83. The fourth-order valence-electron chi connectivity index (χ4n) is 1.60. The Morgan fingerprint density at radius 2 is 1.56 bits per heavy atom. The van der Waals surface area contributed by atoms with Gasteiger partial charge in [-0.05, 0) is 35.9 Å². The number of ketones is 1. The normalized spacial score (nSPS) is 10.4. The molecule has 0 aromatic heterocycles. The maximum atomic E-state index is 12.1. The summed E-state index contributed by atoms with van der Waals surface area (Å²) >= 11 is 15.1. The van der Waals surface area contributed by atoms with Gasteiger partial charge in [0, 0.05) is 26.5 Å². The second-order valence-electron chi connectivity index (χ2n) is 3.88. The van der Waals surface area contributed by atoms with Gasteiger partial charge in [0.25, 0.3) is 0 Å². The summed E-state index contributed by atoms with van der Waals surface area (Å²) in [5.41, 5.74) is 1.50. The van der Waals surface area contributed by atoms with E-state index in [1.54, 1.807) is 18.2 Å². The smallest absolute Gasteiger partial charge is 0.167 e. The van der Waals surface area contributed by atoms with Crippen LogP contribution >= 0.6 is 39.1 Å². The molecule has 0 aliphatic rings. The van der Waals surface area contributed by atoms with E-state index in [1.165, 1.54) is 0 Å². The van der Waals surface area contributed by atoms with Crippen LogP contribution in [0.4, 0.5) is 0 Å². The molecule has 0 amide bonds. The van der Waals surface area contributed by atoms with Crippen molar-refractivity contribution in [1.29, 1.82) is 0 Å². The average Bonchev–Trinajstić information content (AvgIpc) is 2.31. The Morgan fingerprint density at radius 1 is 1.00 bits per heavy atom. The molecule has 2 aromatic carbocycles. The summed E-state index contributed by atoms with van der Waals surface area (Å²) in [6.45, 7) is 0. The van der Waals surface area contributed by atoms with E-state index in [2.05, 4.69) is 15.9 Å². The molecule has 2 rings (SSSR count). The first-order chi connectivity index (χ1) is 8.54. The summed E-state index contributed by atoms with van der Waals surface area (Å²) in [6, 6.07) is 12.5. The van der Waals surface area contributed by atoms with Crippen LogP contribution in [0.15, 0.2) is 46.9 Å². The molecule has 2 aromatic rings. The van der Waals surface area contributed by atoms with Gasteiger partial charge in [0.2, 0.25) is 0 Å². The van der Waals surface area contributed by atoms with Gasteiger partial charge < -0.3 is 0 Å². The molecule has 0 N–H and O–H groups in total. The monoisotopic (exact) mass is 342 g/mol. The summed E-state index contributed by atoms with van der Waals surface area (Å²) in [7, 11) is 0. The zero-order chi connectivity index (χ0) is 13.1. The van der Waals surface area contributed by atoms with E-state index in [-0.39, 0.29) is 5.78 Å². The highest BCUT2D eigenvalue weighted by Crippen LogP contribution is 2.20. The molecule has 0 saturated heterocycles. The highest BCUT2D eigenvalue weighted by Gasteiger charge is 2.09. The lowest BCUT2D eigenvalue weighted by Gasteiger charge is -2.03. The predicted molar refractivity (Wildman–Crippen MR) is 78.6 cm³/mol. The number of hydrogen-bond acceptors (Lipinski definition) is 1. The van der Waals surface area contributed by atoms with Gasteiger partial charge in [-0.1, -0.05) is 51.3 Å². The number of carbonyl (C=O) groups is 1. The molecule has 0 heterocycles. The quantitative estimate of drug-likeness (QED) is 0.701. The van der Waals surface area contributed by atoms with Crippen LogP contribution in [-0.4, -0.2) is 5.78 Å². The molecule has 0 atom stereocenters. The number of halogens is 3. The zero-order valence-electron chi connectivity index (χ0n) is 9.29. The van der Waals surface area contributed by atoms with Crippen molar-refractivity contribution in [2.45, 2.75) is 6.42 Å². The summed E-state index contributed by atoms with van der Waals surface area (Å²) in [5, 5.41) is 0.948. The fourth-order valence-corrected chi connectivity index (χ4v) is 2.39. The number of benzene rings is 2. The third-order valence-corrected chi connectivity index (χ3v) is 3.43. The lowest BCUT2D eigenvalue weighted by molar-refractivity contribution is 0.0993. The number of rotatable bonds is 3. The average molecular weight is 344 g/mol. The Balaban J connectivity index is 2.19. The minimum absolute atomic E-state index is 0.00159. The van der Waals surface area contributed by atoms with Crippen LogP contribution < -0.4 is 0 Å². The molecule has 0 unspecified atom stereocenters. The first-order valence-electron chi connectivity index (χ1n) is 5.28. The summed E-state index contributed by atoms with van der Waals surface area (Å²) in [4.78, 5) is 12.1. The molecule has 18 heavy (non-hydrogen) atoms. The summed E-state index contributed by atoms with van der Waals surface area (Å²) in [6.07, 6.45) is 0.337. The van der Waals surface area contributed by atoms with Gasteiger partial charge in [-0.3, -0.25) is 4.79 Å². The van der Waals surface area contributed by atoms with Crippen molar-refractivity contribution in [3.8, 4) is 0 Å². The number of carbonyl (C=O) groups excluding carboxylic acids is 1. The van der Waals surface area contributed by atoms with E-state index in [9.17, 15) is 4.79 Å². The van der Waals surface area contributed by atoms with Gasteiger partial charge in [-0.2, -0.15) is 0 Å². The van der Waals surface area contributed by atoms with E-state index in [0.29, 0.717) is 22.0 Å². The number of hydrogen-bond donors (Lipinski definition) is 0. The maximum Gasteiger partial charge on any atom is 0.167 e. The lowest BCUT2D eigenvalue weighted by Crippen LogP contribution is -2.03. The van der Waals surface area contributed by atoms with Crippen molar-refractivity contribution in [1.82, 2.24) is 0 Å². The molecule has 4 heteroatoms. The van der Waals surface area contributed by atoms with Gasteiger partial charge in [0.1, 0.15) is 0 Å². The Labute approximate surface area is 124 Å². The highest BCUT2D eigenvalue weighted by atomic mass is 79.9. The second-order valence-corrected chi connectivity index (χ2v) is 5.67. The molecule has 0 spiro atoms. The number of Topliss-reactive ketones (excluding diaryl/α,β-unsaturated/α-hetero) is 1. The Morgan fingerprint density at radius 3 is 2.11 bits per heavy atom. The predicted octanol–water partition coefficient (Wildman–Crippen LogP) is 5.18. The maximum absolute atomic E-state index is 12.1. The highest BCUT2D eigenvalue weighted by molar-refractivity contribution is 9.10. The fraction of sp³-hybridized carbons (Fsp3) is 0.0714. The van der Waals surface area contributed by atoms with Gasteiger partial charge >= 0.3 is 0 Å². The molecule has 0 radical (unpaired) electrons. The third-order valence-electron chi connectivity index (χ3n) is 2.46. The largest absolute Gasteiger partial charge is 0.294 e. The van der Waals surface area contributed by atoms with Crippen molar-refractivity contribution in [3.63, 3.8) is 0 Å². The van der Waals surface area contributed by atoms with E-state index in [0.717, 1.165) is 10.0 Å². The van der Waals surface area contributed by atoms with Crippen LogP contribution in [-0.2, 0) is 6.42 Å². The van der Waals surface area contributed by atoms with Crippen LogP contribution in [0.1, 0.15) is 15.9 Å². The summed E-state index contributed by atoms with van der Waals surface area (Å²) < 4.78 is 0.990. The second kappa shape index (κ2) is 5.87. The lowest BCUT2D eigenvalue weighted by atomic mass is 10.0. The molecule has 92 valence electrons. The Hall–Kier alpha value is -0.830. The van der Waals surface area contributed by atoms with E-state index >= 15 is 0 Å². The van der Waals surface area contributed by atoms with Gasteiger partial charge in [-0.15, -0.1) is 0 Å². The first kappa shape index (κ1) is 13.6. The van der Waals surface area contributed by atoms with Crippen molar-refractivity contribution in [2.24, 2.45) is 0 Å². The van der Waals surface area contributed by atoms with E-state index in [1.807, 2.05) is 24.3 Å².